The highest BCUT2D eigenvalue weighted by Gasteiger charge is 2.33. The van der Waals surface area contributed by atoms with Crippen molar-refractivity contribution in [3.63, 3.8) is 0 Å². The summed E-state index contributed by atoms with van der Waals surface area (Å²) in [6.07, 6.45) is 1.83. The molecule has 0 atom stereocenters. The first-order valence-corrected chi connectivity index (χ1v) is 19.9. The minimum atomic E-state index is -2.60. The predicted octanol–water partition coefficient (Wildman–Crippen LogP) is 12.6. The number of para-hydroxylation sites is 5. The molecule has 1 aliphatic heterocycles. The van der Waals surface area contributed by atoms with Gasteiger partial charge in [0.15, 0.2) is 0 Å². The van der Waals surface area contributed by atoms with E-state index in [9.17, 15) is 0 Å². The quantitative estimate of drug-likeness (QED) is 0.168. The number of nitrogens with zero attached hydrogens (tertiary/aromatic N) is 7. The van der Waals surface area contributed by atoms with E-state index in [0.29, 0.717) is 39.3 Å². The minimum Gasteiger partial charge on any atom is -0.457 e. The molecule has 60 heavy (non-hydrogen) atoms. The van der Waals surface area contributed by atoms with Crippen LogP contribution >= 0.6 is 0 Å². The van der Waals surface area contributed by atoms with E-state index < -0.39 is 14.0 Å². The van der Waals surface area contributed by atoms with Gasteiger partial charge in [-0.3, -0.25) is 4.57 Å². The molecule has 290 valence electrons. The van der Waals surface area contributed by atoms with Crippen LogP contribution in [0.5, 0.6) is 11.5 Å². The van der Waals surface area contributed by atoms with Crippen LogP contribution in [0.15, 0.2) is 164 Å². The lowest BCUT2D eigenvalue weighted by molar-refractivity contribution is 0.483. The number of ether oxygens (including phenoxy) is 1. The van der Waals surface area contributed by atoms with E-state index in [1.165, 1.54) is 9.13 Å². The van der Waals surface area contributed by atoms with Crippen molar-refractivity contribution in [2.24, 2.45) is 14.0 Å². The Balaban J connectivity index is 1.01. The Bertz CT molecular complexity index is 3660. The fourth-order valence-corrected chi connectivity index (χ4v) is 9.35. The number of anilines is 5. The molecular formula is C52H41N7O. The van der Waals surface area contributed by atoms with Gasteiger partial charge in [-0.25, -0.2) is 4.98 Å². The van der Waals surface area contributed by atoms with Crippen LogP contribution in [0.1, 0.15) is 8.22 Å². The maximum absolute atomic E-state index is 8.93. The third kappa shape index (κ3) is 4.94. The molecule has 0 aliphatic carbocycles. The van der Waals surface area contributed by atoms with Gasteiger partial charge in [-0.05, 0) is 66.7 Å². The fourth-order valence-electron chi connectivity index (χ4n) is 9.35. The van der Waals surface area contributed by atoms with Gasteiger partial charge in [0.25, 0.3) is 0 Å². The number of rotatable bonds is 6. The first-order chi connectivity index (χ1) is 31.8. The number of benzene rings is 7. The summed E-state index contributed by atoms with van der Waals surface area (Å²) in [5.41, 5.74) is 7.98. The number of hydrogen-bond donors (Lipinski definition) is 0. The molecule has 0 saturated carbocycles. The van der Waals surface area contributed by atoms with Gasteiger partial charge in [0, 0.05) is 115 Å². The van der Waals surface area contributed by atoms with Crippen LogP contribution in [0, 0.1) is 0 Å². The van der Waals surface area contributed by atoms with E-state index in [2.05, 4.69) is 49.6 Å². The molecule has 5 heterocycles. The Kier molecular flexibility index (Phi) is 6.16. The summed E-state index contributed by atoms with van der Waals surface area (Å²) >= 11 is 0. The second-order valence-electron chi connectivity index (χ2n) is 15.6. The van der Waals surface area contributed by atoms with E-state index in [4.69, 9.17) is 17.9 Å². The summed E-state index contributed by atoms with van der Waals surface area (Å²) in [6.45, 7) is -4.96. The minimum absolute atomic E-state index is 0.243. The zero-order valence-electron chi connectivity index (χ0n) is 38.8. The smallest absolute Gasteiger partial charge is 0.139 e. The number of hydrogen-bond acceptors (Lipinski definition) is 5. The van der Waals surface area contributed by atoms with Gasteiger partial charge in [0.05, 0.1) is 39.1 Å². The summed E-state index contributed by atoms with van der Waals surface area (Å²) < 4.78 is 65.3. The lowest BCUT2D eigenvalue weighted by Crippen LogP contribution is -2.25. The Hall–Kier alpha value is -7.71. The summed E-state index contributed by atoms with van der Waals surface area (Å²) in [5, 5.41) is 5.17. The Morgan fingerprint density at radius 1 is 0.533 bits per heavy atom. The molecule has 1 aliphatic rings. The van der Waals surface area contributed by atoms with E-state index in [1.54, 1.807) is 0 Å². The molecule has 0 unspecified atom stereocenters. The standard InChI is InChI=1S/C52H41N7O/c1-54(2)33-26-27-53-49(29-33)59-45-21-10-7-16-37(45)40-25-24-36(30-48(40)59)60-35-15-13-14-34(28-35)57-32-58(47-23-12-11-22-46(47)57)52-50-41(38-17-5-8-19-43(38)55(50)3)31-42-39-18-6-9-20-44(39)56(4)51(42)52/h5-31H,32H2,1-4H3/i3D3,4D3. The average molecular weight is 786 g/mol. The lowest BCUT2D eigenvalue weighted by atomic mass is 10.1. The van der Waals surface area contributed by atoms with Crippen LogP contribution in [0.2, 0.25) is 0 Å². The number of aromatic nitrogens is 4. The third-order valence-electron chi connectivity index (χ3n) is 12.1. The number of aryl methyl sites for hydroxylation is 2. The molecule has 0 bridgehead atoms. The normalized spacial score (nSPS) is 14.8. The van der Waals surface area contributed by atoms with Gasteiger partial charge in [-0.2, -0.15) is 0 Å². The van der Waals surface area contributed by atoms with Crippen molar-refractivity contribution < 1.29 is 13.0 Å². The second kappa shape index (κ2) is 12.9. The van der Waals surface area contributed by atoms with E-state index in [-0.39, 0.29) is 6.67 Å². The van der Waals surface area contributed by atoms with Crippen molar-refractivity contribution in [3.8, 4) is 17.3 Å². The van der Waals surface area contributed by atoms with Crippen molar-refractivity contribution in [3.05, 3.63) is 164 Å². The van der Waals surface area contributed by atoms with Crippen molar-refractivity contribution in [1.29, 1.82) is 0 Å². The van der Waals surface area contributed by atoms with E-state index in [1.807, 2.05) is 148 Å². The molecule has 0 amide bonds. The molecule has 0 N–H and O–H groups in total. The Morgan fingerprint density at radius 3 is 1.82 bits per heavy atom. The summed E-state index contributed by atoms with van der Waals surface area (Å²) in [7, 11) is 4.03. The fraction of sp³-hybridized carbons (Fsp3) is 0.0962. The molecule has 0 radical (unpaired) electrons. The third-order valence-corrected chi connectivity index (χ3v) is 12.1. The van der Waals surface area contributed by atoms with Crippen LogP contribution in [0.3, 0.4) is 0 Å². The highest BCUT2D eigenvalue weighted by molar-refractivity contribution is 6.25. The molecular weight excluding hydrogens is 739 g/mol. The monoisotopic (exact) mass is 785 g/mol. The van der Waals surface area contributed by atoms with Gasteiger partial charge in [0.2, 0.25) is 0 Å². The van der Waals surface area contributed by atoms with Crippen molar-refractivity contribution in [2.45, 2.75) is 0 Å². The predicted molar refractivity (Wildman–Crippen MR) is 249 cm³/mol. The molecule has 12 rings (SSSR count). The zero-order valence-corrected chi connectivity index (χ0v) is 32.8. The highest BCUT2D eigenvalue weighted by atomic mass is 16.5. The maximum Gasteiger partial charge on any atom is 0.139 e. The zero-order chi connectivity index (χ0) is 45.2. The summed E-state index contributed by atoms with van der Waals surface area (Å²) in [4.78, 5) is 11.1. The Morgan fingerprint density at radius 2 is 1.13 bits per heavy atom. The molecule has 7 aromatic carbocycles. The lowest BCUT2D eigenvalue weighted by Gasteiger charge is -2.25. The van der Waals surface area contributed by atoms with E-state index in [0.717, 1.165) is 71.9 Å². The van der Waals surface area contributed by atoms with Gasteiger partial charge < -0.3 is 28.6 Å². The van der Waals surface area contributed by atoms with Gasteiger partial charge in [0.1, 0.15) is 24.0 Å². The first-order valence-electron chi connectivity index (χ1n) is 22.9. The van der Waals surface area contributed by atoms with E-state index >= 15 is 0 Å². The van der Waals surface area contributed by atoms with Crippen LogP contribution < -0.4 is 19.4 Å². The molecule has 8 heteroatoms. The molecule has 11 aromatic rings. The summed E-state index contributed by atoms with van der Waals surface area (Å²) in [6, 6.07) is 51.4. The number of pyridine rings is 1. The highest BCUT2D eigenvalue weighted by Crippen LogP contribution is 2.51. The first kappa shape index (κ1) is 28.7. The Labute approximate surface area is 355 Å². The van der Waals surface area contributed by atoms with Crippen molar-refractivity contribution in [1.82, 2.24) is 18.7 Å². The second-order valence-corrected chi connectivity index (χ2v) is 15.6. The summed E-state index contributed by atoms with van der Waals surface area (Å²) in [5.74, 6) is 2.07. The van der Waals surface area contributed by atoms with Gasteiger partial charge >= 0.3 is 0 Å². The topological polar surface area (TPSA) is 46.6 Å². The molecule has 0 saturated heterocycles. The molecule has 0 fully saturated rings. The maximum atomic E-state index is 8.93. The van der Waals surface area contributed by atoms with Crippen molar-refractivity contribution >= 4 is 93.9 Å². The van der Waals surface area contributed by atoms with Crippen molar-refractivity contribution in [2.75, 3.05) is 35.5 Å². The average Bonchev–Trinajstić information content (AvgIpc) is 4.05. The van der Waals surface area contributed by atoms with Crippen LogP contribution in [0.4, 0.5) is 28.4 Å². The number of fused-ring (bicyclic) bond motifs is 10. The molecule has 4 aromatic heterocycles. The molecule has 8 nitrogen and oxygen atoms in total. The van der Waals surface area contributed by atoms with Crippen LogP contribution in [0.25, 0.3) is 71.2 Å². The van der Waals surface area contributed by atoms with Gasteiger partial charge in [-0.15, -0.1) is 0 Å². The SMILES string of the molecule is [2H]C([2H])([2H])n1c2ccccc2c2cc3c4ccccc4n(C([2H])([2H])[2H])c3c(N3CN(c4cccc(Oc5ccc6c7ccccc7n(-c7cc(N(C)C)ccn7)c6c5)c4)c4ccccc43)c21. The molecule has 0 spiro atoms. The van der Waals surface area contributed by atoms with Gasteiger partial charge in [-0.1, -0.05) is 72.8 Å². The largest absolute Gasteiger partial charge is 0.457 e. The van der Waals surface area contributed by atoms with Crippen LogP contribution in [-0.2, 0) is 14.0 Å². The van der Waals surface area contributed by atoms with Crippen LogP contribution in [-0.4, -0.2) is 39.4 Å².